The van der Waals surface area contributed by atoms with Gasteiger partial charge in [-0.3, -0.25) is 24.5 Å². The van der Waals surface area contributed by atoms with Crippen LogP contribution >= 0.6 is 0 Å². The molecular formula is C64H94N2O9. The Kier molecular flexibility index (Phi) is 35.4. The number of fused-ring (bicyclic) bond motifs is 1. The summed E-state index contributed by atoms with van der Waals surface area (Å²) in [4.78, 5) is 68.2. The van der Waals surface area contributed by atoms with Crippen molar-refractivity contribution in [3.63, 3.8) is 0 Å². The monoisotopic (exact) mass is 1030 g/mol. The number of allylic oxidation sites excluding steroid dienone is 16. The van der Waals surface area contributed by atoms with Crippen LogP contribution in [0.3, 0.4) is 0 Å². The molecule has 2 fully saturated rings. The Labute approximate surface area is 451 Å². The zero-order chi connectivity index (χ0) is 54.0. The van der Waals surface area contributed by atoms with Crippen LogP contribution in [0.4, 0.5) is 0 Å². The standard InChI is InChI=1S/C64H94N2O9/c1-4-6-8-10-12-14-16-18-20-22-24-26-28-30-32-34-39-46-60(67)73-51-56(52-74-61(68)47-40-35-33-31-29-27-25-23-21-19-17-15-13-11-9-7-5-2)75-64(72)59-50-55-44-41-45-58(55)66(59)62(69)53(3)65-57(63(70)71)49-48-54-42-37-36-38-43-54/h12-15,18-21,24-27,30-33,36-38,42-43,53,55-59,65H,4-11,16-17,22-23,28-29,34-35,39-41,44-52H2,1-3H3,(H,70,71)/b14-12-,15-13?,20-18-,21-19?,26-24-,27-25?,32-30-,33-31?/t53?,55-,56?,57?,58-,59-/m0/s1. The van der Waals surface area contributed by atoms with Gasteiger partial charge in [0.05, 0.1) is 6.04 Å². The number of esters is 3. The van der Waals surface area contributed by atoms with E-state index in [4.69, 9.17) is 14.2 Å². The van der Waals surface area contributed by atoms with E-state index >= 15 is 0 Å². The highest BCUT2D eigenvalue weighted by molar-refractivity contribution is 5.89. The Morgan fingerprint density at radius 1 is 0.627 bits per heavy atom. The van der Waals surface area contributed by atoms with Gasteiger partial charge >= 0.3 is 23.9 Å². The molecule has 414 valence electrons. The first-order chi connectivity index (χ1) is 36.6. The molecule has 1 aromatic carbocycles. The van der Waals surface area contributed by atoms with Gasteiger partial charge < -0.3 is 24.2 Å². The van der Waals surface area contributed by atoms with Gasteiger partial charge in [-0.05, 0) is 140 Å². The van der Waals surface area contributed by atoms with Crippen molar-refractivity contribution >= 4 is 29.8 Å². The van der Waals surface area contributed by atoms with Crippen LogP contribution in [0, 0.1) is 5.92 Å². The van der Waals surface area contributed by atoms with Crippen LogP contribution in [0.1, 0.15) is 187 Å². The minimum absolute atomic E-state index is 0.0930. The molecular weight excluding hydrogens is 941 g/mol. The molecule has 1 aliphatic heterocycles. The number of carboxylic acids is 1. The van der Waals surface area contributed by atoms with E-state index in [0.29, 0.717) is 38.5 Å². The Morgan fingerprint density at radius 2 is 1.08 bits per heavy atom. The van der Waals surface area contributed by atoms with E-state index in [9.17, 15) is 29.1 Å². The molecule has 0 bridgehead atoms. The van der Waals surface area contributed by atoms with Gasteiger partial charge in [0.15, 0.2) is 6.10 Å². The van der Waals surface area contributed by atoms with Crippen LogP contribution in [-0.2, 0) is 44.6 Å². The molecule has 1 aliphatic carbocycles. The largest absolute Gasteiger partial charge is 0.480 e. The third kappa shape index (κ3) is 29.4. The minimum atomic E-state index is -1.09. The van der Waals surface area contributed by atoms with Gasteiger partial charge in [0.2, 0.25) is 5.91 Å². The zero-order valence-electron chi connectivity index (χ0n) is 46.0. The number of carboxylic acid groups (broad SMARTS) is 1. The van der Waals surface area contributed by atoms with E-state index in [1.807, 2.05) is 30.3 Å². The maximum atomic E-state index is 14.2. The molecule has 1 saturated carbocycles. The highest BCUT2D eigenvalue weighted by Gasteiger charge is 2.50. The summed E-state index contributed by atoms with van der Waals surface area (Å²) in [6, 6.07) is 6.62. The van der Waals surface area contributed by atoms with E-state index in [0.717, 1.165) is 76.2 Å². The molecule has 0 spiro atoms. The summed E-state index contributed by atoms with van der Waals surface area (Å²) >= 11 is 0. The Bertz CT molecular complexity index is 1920. The molecule has 0 aromatic heterocycles. The quantitative estimate of drug-likeness (QED) is 0.0281. The summed E-state index contributed by atoms with van der Waals surface area (Å²) in [5.41, 5.74) is 0.997. The van der Waals surface area contributed by atoms with Crippen LogP contribution in [0.25, 0.3) is 0 Å². The lowest BCUT2D eigenvalue weighted by Gasteiger charge is -2.33. The van der Waals surface area contributed by atoms with E-state index in [-0.39, 0.29) is 50.3 Å². The second-order valence-corrected chi connectivity index (χ2v) is 19.9. The number of nitrogens with one attached hydrogen (secondary N) is 1. The second-order valence-electron chi connectivity index (χ2n) is 19.9. The van der Waals surface area contributed by atoms with Gasteiger partial charge in [0, 0.05) is 18.9 Å². The zero-order valence-corrected chi connectivity index (χ0v) is 46.0. The molecule has 11 heteroatoms. The maximum Gasteiger partial charge on any atom is 0.329 e. The fourth-order valence-corrected chi connectivity index (χ4v) is 9.37. The number of carbonyl (C=O) groups is 5. The third-order valence-corrected chi connectivity index (χ3v) is 13.6. The van der Waals surface area contributed by atoms with E-state index in [1.54, 1.807) is 11.8 Å². The number of hydrogen-bond acceptors (Lipinski definition) is 9. The number of hydrogen-bond donors (Lipinski definition) is 2. The van der Waals surface area contributed by atoms with Crippen LogP contribution < -0.4 is 5.32 Å². The highest BCUT2D eigenvalue weighted by atomic mass is 16.6. The van der Waals surface area contributed by atoms with E-state index in [1.165, 1.54) is 38.5 Å². The molecule has 1 aromatic rings. The fourth-order valence-electron chi connectivity index (χ4n) is 9.37. The van der Waals surface area contributed by atoms with Crippen molar-refractivity contribution in [2.75, 3.05) is 13.2 Å². The van der Waals surface area contributed by atoms with Gasteiger partial charge in [0.25, 0.3) is 0 Å². The highest BCUT2D eigenvalue weighted by Crippen LogP contribution is 2.42. The predicted octanol–water partition coefficient (Wildman–Crippen LogP) is 14.1. The second kappa shape index (κ2) is 41.7. The first kappa shape index (κ1) is 63.7. The molecule has 11 nitrogen and oxygen atoms in total. The van der Waals surface area contributed by atoms with Gasteiger partial charge in [0.1, 0.15) is 25.3 Å². The molecule has 3 unspecified atom stereocenters. The Morgan fingerprint density at radius 3 is 1.53 bits per heavy atom. The Hall–Kier alpha value is -5.55. The summed E-state index contributed by atoms with van der Waals surface area (Å²) in [5, 5.41) is 13.1. The third-order valence-electron chi connectivity index (χ3n) is 13.6. The number of ether oxygens (including phenoxy) is 3. The lowest BCUT2D eigenvalue weighted by molar-refractivity contribution is -0.171. The number of nitrogens with zero attached hydrogens (tertiary/aromatic N) is 1. The first-order valence-electron chi connectivity index (χ1n) is 28.7. The summed E-state index contributed by atoms with van der Waals surface area (Å²) in [7, 11) is 0. The molecule has 6 atom stereocenters. The number of likely N-dealkylation sites (tertiary alicyclic amines) is 1. The average Bonchev–Trinajstić information content (AvgIpc) is 4.02. The lowest BCUT2D eigenvalue weighted by atomic mass is 10.0. The SMILES string of the molecule is CCCCCC=CCC=CCC=CCC=CCCCC(=O)OCC(COC(=O)CCC/C=C\C/C=C\C/C=C\C/C=C\CCCCC)OC(=O)[C@@H]1C[C@@H]2CCC[C@@H]2N1C(=O)C(C)NC(CCc1ccccc1)C(=O)O. The summed E-state index contributed by atoms with van der Waals surface area (Å²) in [6.07, 6.45) is 55.3. The molecule has 1 saturated heterocycles. The molecule has 75 heavy (non-hydrogen) atoms. The van der Waals surface area contributed by atoms with Crippen molar-refractivity contribution in [2.24, 2.45) is 5.92 Å². The Balaban J connectivity index is 1.52. The van der Waals surface area contributed by atoms with Gasteiger partial charge in [-0.1, -0.05) is 173 Å². The number of benzene rings is 1. The van der Waals surface area contributed by atoms with E-state index in [2.05, 4.69) is 116 Å². The van der Waals surface area contributed by atoms with Crippen molar-refractivity contribution in [1.29, 1.82) is 0 Å². The van der Waals surface area contributed by atoms with Crippen molar-refractivity contribution in [3.05, 3.63) is 133 Å². The number of carbonyl (C=O) groups excluding carboxylic acids is 4. The first-order valence-corrected chi connectivity index (χ1v) is 28.7. The summed E-state index contributed by atoms with van der Waals surface area (Å²) in [5.74, 6) is -2.90. The smallest absolute Gasteiger partial charge is 0.329 e. The number of aliphatic carboxylic acids is 1. The fraction of sp³-hybridized carbons (Fsp3) is 0.578. The van der Waals surface area contributed by atoms with Crippen molar-refractivity contribution in [2.45, 2.75) is 218 Å². The van der Waals surface area contributed by atoms with Crippen LogP contribution in [0.5, 0.6) is 0 Å². The molecule has 2 N–H and O–H groups in total. The molecule has 2 aliphatic rings. The predicted molar refractivity (Wildman–Crippen MR) is 304 cm³/mol. The number of rotatable bonds is 41. The molecule has 1 amide bonds. The average molecular weight is 1040 g/mol. The summed E-state index contributed by atoms with van der Waals surface area (Å²) < 4.78 is 17.2. The molecule has 1 heterocycles. The van der Waals surface area contributed by atoms with Crippen LogP contribution in [0.15, 0.2) is 128 Å². The van der Waals surface area contributed by atoms with Gasteiger partial charge in [-0.2, -0.15) is 0 Å². The van der Waals surface area contributed by atoms with Gasteiger partial charge in [-0.25, -0.2) is 4.79 Å². The molecule has 0 radical (unpaired) electrons. The van der Waals surface area contributed by atoms with E-state index < -0.39 is 48.1 Å². The lowest BCUT2D eigenvalue weighted by Crippen LogP contribution is -2.55. The van der Waals surface area contributed by atoms with Crippen molar-refractivity contribution < 1.29 is 43.3 Å². The summed E-state index contributed by atoms with van der Waals surface area (Å²) in [6.45, 7) is 5.46. The minimum Gasteiger partial charge on any atom is -0.480 e. The van der Waals surface area contributed by atoms with Crippen LogP contribution in [-0.4, -0.2) is 83.3 Å². The number of aryl methyl sites for hydroxylation is 1. The van der Waals surface area contributed by atoms with Crippen molar-refractivity contribution in [1.82, 2.24) is 10.2 Å². The van der Waals surface area contributed by atoms with Crippen LogP contribution in [0.2, 0.25) is 0 Å². The number of amides is 1. The topological polar surface area (TPSA) is 149 Å². The normalized spacial score (nSPS) is 18.2. The maximum absolute atomic E-state index is 14.2. The molecule has 3 rings (SSSR count). The van der Waals surface area contributed by atoms with Gasteiger partial charge in [-0.15, -0.1) is 0 Å². The van der Waals surface area contributed by atoms with Crippen molar-refractivity contribution in [3.8, 4) is 0 Å². The number of unbranched alkanes of at least 4 members (excludes halogenated alkanes) is 8.